The van der Waals surface area contributed by atoms with Gasteiger partial charge in [-0.15, -0.1) is 0 Å². The van der Waals surface area contributed by atoms with E-state index in [0.717, 1.165) is 24.2 Å². The Kier molecular flexibility index (Phi) is 2.58. The molecule has 0 aromatic carbocycles. The highest BCUT2D eigenvalue weighted by atomic mass is 15.3. The number of nitrogens with zero attached hydrogens (tertiary/aromatic N) is 4. The van der Waals surface area contributed by atoms with Gasteiger partial charge in [0.2, 0.25) is 0 Å². The lowest BCUT2D eigenvalue weighted by molar-refractivity contribution is 0.762. The van der Waals surface area contributed by atoms with Crippen LogP contribution < -0.4 is 0 Å². The van der Waals surface area contributed by atoms with Crippen molar-refractivity contribution < 1.29 is 0 Å². The summed E-state index contributed by atoms with van der Waals surface area (Å²) in [7, 11) is 1.92. The van der Waals surface area contributed by atoms with E-state index in [1.54, 1.807) is 4.68 Å². The van der Waals surface area contributed by atoms with E-state index in [1.165, 1.54) is 5.69 Å². The predicted molar refractivity (Wildman–Crippen MR) is 59.1 cm³/mol. The van der Waals surface area contributed by atoms with Crippen molar-refractivity contribution in [1.82, 2.24) is 19.6 Å². The van der Waals surface area contributed by atoms with Crippen molar-refractivity contribution in [1.29, 1.82) is 0 Å². The molecule has 0 bridgehead atoms. The third kappa shape index (κ3) is 1.79. The average Bonchev–Trinajstić information content (AvgIpc) is 2.82. The molecule has 0 unspecified atom stereocenters. The molecule has 4 nitrogen and oxygen atoms in total. The largest absolute Gasteiger partial charge is 0.274 e. The van der Waals surface area contributed by atoms with E-state index in [1.807, 2.05) is 24.1 Å². The van der Waals surface area contributed by atoms with Gasteiger partial charge in [0, 0.05) is 12.7 Å². The first-order valence-electron chi connectivity index (χ1n) is 5.31. The van der Waals surface area contributed by atoms with Crippen molar-refractivity contribution in [2.24, 2.45) is 7.05 Å². The highest BCUT2D eigenvalue weighted by molar-refractivity contribution is 5.28. The number of aryl methyl sites for hydroxylation is 3. The number of hydrogen-bond donors (Lipinski definition) is 0. The van der Waals surface area contributed by atoms with E-state index in [-0.39, 0.29) is 0 Å². The standard InChI is InChI=1S/C11H16N4/c1-4-9-6-10(5-2)15(13-9)11-7-12-14(3)8-11/h6-8H,4-5H2,1-3H3. The lowest BCUT2D eigenvalue weighted by atomic mass is 10.2. The zero-order valence-electron chi connectivity index (χ0n) is 9.44. The topological polar surface area (TPSA) is 35.6 Å². The van der Waals surface area contributed by atoms with Crippen molar-refractivity contribution in [3.8, 4) is 5.69 Å². The van der Waals surface area contributed by atoms with Gasteiger partial charge in [0.05, 0.1) is 18.1 Å². The van der Waals surface area contributed by atoms with Crippen LogP contribution in [0, 0.1) is 0 Å². The Morgan fingerprint density at radius 1 is 1.27 bits per heavy atom. The van der Waals surface area contributed by atoms with Crippen LogP contribution in [0.5, 0.6) is 0 Å². The molecule has 0 fully saturated rings. The summed E-state index contributed by atoms with van der Waals surface area (Å²) in [4.78, 5) is 0. The molecule has 2 rings (SSSR count). The van der Waals surface area contributed by atoms with Gasteiger partial charge in [0.15, 0.2) is 0 Å². The molecule has 0 amide bonds. The fourth-order valence-electron chi connectivity index (χ4n) is 1.64. The number of aromatic nitrogens is 4. The average molecular weight is 204 g/mol. The summed E-state index contributed by atoms with van der Waals surface area (Å²) in [6.07, 6.45) is 5.78. The maximum atomic E-state index is 4.55. The van der Waals surface area contributed by atoms with Gasteiger partial charge in [0.1, 0.15) is 5.69 Å². The summed E-state index contributed by atoms with van der Waals surface area (Å²) >= 11 is 0. The van der Waals surface area contributed by atoms with Crippen LogP contribution in [0.4, 0.5) is 0 Å². The van der Waals surface area contributed by atoms with Crippen molar-refractivity contribution in [3.63, 3.8) is 0 Å². The van der Waals surface area contributed by atoms with Crippen molar-refractivity contribution in [2.75, 3.05) is 0 Å². The molecule has 4 heteroatoms. The highest BCUT2D eigenvalue weighted by Crippen LogP contribution is 2.12. The van der Waals surface area contributed by atoms with Gasteiger partial charge in [-0.2, -0.15) is 10.2 Å². The van der Waals surface area contributed by atoms with Crippen LogP contribution >= 0.6 is 0 Å². The van der Waals surface area contributed by atoms with Crippen molar-refractivity contribution in [3.05, 3.63) is 29.8 Å². The molecule has 15 heavy (non-hydrogen) atoms. The first kappa shape index (κ1) is 9.96. The minimum atomic E-state index is 0.972. The molecule has 2 aromatic rings. The lowest BCUT2D eigenvalue weighted by Gasteiger charge is -2.00. The smallest absolute Gasteiger partial charge is 0.103 e. The van der Waals surface area contributed by atoms with Gasteiger partial charge in [0.25, 0.3) is 0 Å². The van der Waals surface area contributed by atoms with E-state index in [9.17, 15) is 0 Å². The molecule has 0 aliphatic rings. The SMILES string of the molecule is CCc1cc(CC)n(-c2cnn(C)c2)n1. The summed E-state index contributed by atoms with van der Waals surface area (Å²) < 4.78 is 3.77. The second kappa shape index (κ2) is 3.88. The Bertz CT molecular complexity index is 453. The zero-order chi connectivity index (χ0) is 10.8. The van der Waals surface area contributed by atoms with Gasteiger partial charge in [-0.1, -0.05) is 13.8 Å². The van der Waals surface area contributed by atoms with Gasteiger partial charge in [-0.05, 0) is 18.9 Å². The molecular weight excluding hydrogens is 188 g/mol. The molecule has 0 spiro atoms. The summed E-state index contributed by atoms with van der Waals surface area (Å²) in [5.74, 6) is 0. The fourth-order valence-corrected chi connectivity index (χ4v) is 1.64. The summed E-state index contributed by atoms with van der Waals surface area (Å²) in [6.45, 7) is 4.26. The fraction of sp³-hybridized carbons (Fsp3) is 0.455. The van der Waals surface area contributed by atoms with Crippen LogP contribution in [0.1, 0.15) is 25.2 Å². The van der Waals surface area contributed by atoms with Crippen molar-refractivity contribution in [2.45, 2.75) is 26.7 Å². The van der Waals surface area contributed by atoms with Crippen LogP contribution in [0.25, 0.3) is 5.69 Å². The second-order valence-corrected chi connectivity index (χ2v) is 3.62. The Morgan fingerprint density at radius 3 is 2.60 bits per heavy atom. The van der Waals surface area contributed by atoms with Crippen LogP contribution in [0.2, 0.25) is 0 Å². The Balaban J connectivity index is 2.46. The van der Waals surface area contributed by atoms with Crippen LogP contribution in [0.15, 0.2) is 18.5 Å². The molecule has 2 heterocycles. The van der Waals surface area contributed by atoms with Crippen LogP contribution in [-0.4, -0.2) is 19.6 Å². The second-order valence-electron chi connectivity index (χ2n) is 3.62. The number of rotatable bonds is 3. The molecule has 80 valence electrons. The molecule has 0 saturated carbocycles. The van der Waals surface area contributed by atoms with E-state index < -0.39 is 0 Å². The molecule has 0 aliphatic carbocycles. The molecular formula is C11H16N4. The first-order chi connectivity index (χ1) is 7.24. The predicted octanol–water partition coefficient (Wildman–Crippen LogP) is 1.73. The number of hydrogen-bond acceptors (Lipinski definition) is 2. The summed E-state index contributed by atoms with van der Waals surface area (Å²) in [5.41, 5.74) is 3.41. The molecule has 0 N–H and O–H groups in total. The zero-order valence-corrected chi connectivity index (χ0v) is 9.44. The minimum absolute atomic E-state index is 0.972. The molecule has 0 aliphatic heterocycles. The summed E-state index contributed by atoms with van der Waals surface area (Å²) in [5, 5.41) is 8.71. The third-order valence-corrected chi connectivity index (χ3v) is 2.49. The third-order valence-electron chi connectivity index (χ3n) is 2.49. The quantitative estimate of drug-likeness (QED) is 0.763. The summed E-state index contributed by atoms with van der Waals surface area (Å²) in [6, 6.07) is 2.16. The van der Waals surface area contributed by atoms with Crippen LogP contribution in [0.3, 0.4) is 0 Å². The molecule has 0 saturated heterocycles. The highest BCUT2D eigenvalue weighted by Gasteiger charge is 2.08. The Hall–Kier alpha value is -1.58. The normalized spacial score (nSPS) is 10.9. The van der Waals surface area contributed by atoms with Crippen molar-refractivity contribution >= 4 is 0 Å². The van der Waals surface area contributed by atoms with Gasteiger partial charge < -0.3 is 0 Å². The molecule has 2 aromatic heterocycles. The maximum absolute atomic E-state index is 4.55. The van der Waals surface area contributed by atoms with E-state index in [2.05, 4.69) is 30.1 Å². The maximum Gasteiger partial charge on any atom is 0.103 e. The van der Waals surface area contributed by atoms with Gasteiger partial charge in [-0.3, -0.25) is 4.68 Å². The monoisotopic (exact) mass is 204 g/mol. The Morgan fingerprint density at radius 2 is 2.07 bits per heavy atom. The van der Waals surface area contributed by atoms with E-state index in [0.29, 0.717) is 0 Å². The Labute approximate surface area is 89.5 Å². The first-order valence-corrected chi connectivity index (χ1v) is 5.31. The minimum Gasteiger partial charge on any atom is -0.274 e. The van der Waals surface area contributed by atoms with Gasteiger partial charge in [-0.25, -0.2) is 4.68 Å². The van der Waals surface area contributed by atoms with E-state index in [4.69, 9.17) is 0 Å². The van der Waals surface area contributed by atoms with Gasteiger partial charge >= 0.3 is 0 Å². The lowest BCUT2D eigenvalue weighted by Crippen LogP contribution is -2.00. The molecule has 0 atom stereocenters. The van der Waals surface area contributed by atoms with E-state index >= 15 is 0 Å². The molecule has 0 radical (unpaired) electrons. The van der Waals surface area contributed by atoms with Crippen LogP contribution in [-0.2, 0) is 19.9 Å².